The molecule has 3 nitrogen and oxygen atoms in total. The van der Waals surface area contributed by atoms with Crippen LogP contribution in [0.15, 0.2) is 0 Å². The number of unbranched alkanes of at least 4 members (excludes halogenated alkanes) is 61. The van der Waals surface area contributed by atoms with Crippen molar-refractivity contribution in [3.8, 4) is 0 Å². The predicted octanol–water partition coefficient (Wildman–Crippen LogP) is 30.4. The topological polar surface area (TPSA) is 48.4 Å². The molecular weight excluding hydrogens is 1090 g/mol. The average Bonchev–Trinajstić information content (AvgIpc) is 3.50. The molecule has 0 fully saturated rings. The van der Waals surface area contributed by atoms with Gasteiger partial charge in [0.2, 0.25) is 0 Å². The van der Waals surface area contributed by atoms with Crippen molar-refractivity contribution < 1.29 is 26.8 Å². The molecule has 1 atom stereocenters. The van der Waals surface area contributed by atoms with Crippen molar-refractivity contribution in [1.29, 1.82) is 0 Å². The van der Waals surface area contributed by atoms with Crippen molar-refractivity contribution in [2.24, 2.45) is 5.92 Å². The van der Waals surface area contributed by atoms with Crippen molar-refractivity contribution >= 4 is 12.4 Å². The number of aliphatic hydroxyl groups excluding tert-OH is 1. The van der Waals surface area contributed by atoms with E-state index in [-0.39, 0.29) is 34.1 Å². The van der Waals surface area contributed by atoms with E-state index in [4.69, 9.17) is 15.7 Å². The number of hydrogen-bond donors (Lipinski definition) is 1. The average molecular weight is 1260 g/mol. The van der Waals surface area contributed by atoms with Gasteiger partial charge in [0.1, 0.15) is 0 Å². The van der Waals surface area contributed by atoms with Crippen LogP contribution in [0.4, 0.5) is 0 Å². The van der Waals surface area contributed by atoms with Gasteiger partial charge in [0, 0.05) is 6.61 Å². The summed E-state index contributed by atoms with van der Waals surface area (Å²) in [5.74, 6) is 0.560. The second kappa shape index (κ2) is 96.0. The Labute approximate surface area is 563 Å². The van der Waals surface area contributed by atoms with Crippen LogP contribution in [0.1, 0.15) is 478 Å². The zero-order valence-electron chi connectivity index (χ0n) is 60.4. The first-order valence-corrected chi connectivity index (χ1v) is 40.0. The Morgan fingerprint density at radius 3 is 0.447 bits per heavy atom. The maximum atomic E-state index is 8.75. The number of aliphatic hydroxyl groups is 1. The SMILES string of the molecule is CCCCC(CC)CO.CCCCCCCCCCCCCCCCCC[N-]CCCCCCCCCCCCCCCCCC.CCCCCCCCCCCCCCCCCC[N-]CCCCCCCCCCCCCCCCCC.Cl.[Ti+2]. The van der Waals surface area contributed by atoms with Crippen molar-refractivity contribution in [2.45, 2.75) is 478 Å². The van der Waals surface area contributed by atoms with Gasteiger partial charge in [-0.25, -0.2) is 0 Å². The molecule has 0 aliphatic carbocycles. The minimum absolute atomic E-state index is 0. The summed E-state index contributed by atoms with van der Waals surface area (Å²) in [5, 5.41) is 18.3. The van der Waals surface area contributed by atoms with Gasteiger partial charge in [0.05, 0.1) is 0 Å². The molecule has 0 rings (SSSR count). The molecule has 0 aromatic heterocycles. The van der Waals surface area contributed by atoms with Crippen molar-refractivity contribution in [3.63, 3.8) is 0 Å². The molecule has 0 heterocycles. The fourth-order valence-corrected chi connectivity index (χ4v) is 12.2. The van der Waals surface area contributed by atoms with Crippen LogP contribution in [-0.4, -0.2) is 37.9 Å². The number of nitrogens with zero attached hydrogens (tertiary/aromatic N) is 2. The molecule has 0 spiro atoms. The summed E-state index contributed by atoms with van der Waals surface area (Å²) in [6.45, 7) is 18.4. The fraction of sp³-hybridized carbons (Fsp3) is 1.00. The van der Waals surface area contributed by atoms with Crippen molar-refractivity contribution in [1.82, 2.24) is 0 Å². The second-order valence-electron chi connectivity index (χ2n) is 27.2. The first-order valence-electron chi connectivity index (χ1n) is 40.0. The molecule has 1 unspecified atom stereocenters. The quantitative estimate of drug-likeness (QED) is 0.0479. The Balaban J connectivity index is -0.000000428. The summed E-state index contributed by atoms with van der Waals surface area (Å²) in [6, 6.07) is 0. The van der Waals surface area contributed by atoms with Crippen LogP contribution in [0.3, 0.4) is 0 Å². The Hall–Kier alpha value is 0.884. The standard InChI is InChI=1S/2C36H74N.C8H18O.ClH.Ti/c2*1-3-5-7-9-11-13-15-17-19-21-23-25-27-29-31-33-35-37-36-34-32-30-28-26-24-22-20-18-16-14-12-10-8-6-4-2;1-3-5-6-8(4-2)7-9;;/h2*3-36H2,1-2H3;8-9H,3-7H2,1-2H3;1H;/q2*-1;;;+2. The Morgan fingerprint density at radius 1 is 0.200 bits per heavy atom. The molecule has 5 heteroatoms. The Morgan fingerprint density at radius 2 is 0.329 bits per heavy atom. The van der Waals surface area contributed by atoms with E-state index >= 15 is 0 Å². The smallest absolute Gasteiger partial charge is 0.662 e. The summed E-state index contributed by atoms with van der Waals surface area (Å²) < 4.78 is 0. The van der Waals surface area contributed by atoms with Crippen LogP contribution in [0.5, 0.6) is 0 Å². The third kappa shape index (κ3) is 98.6. The van der Waals surface area contributed by atoms with Gasteiger partial charge >= 0.3 is 21.7 Å². The van der Waals surface area contributed by atoms with E-state index < -0.39 is 0 Å². The molecule has 0 bridgehead atoms. The first kappa shape index (κ1) is 94.6. The molecule has 0 saturated heterocycles. The number of halogens is 1. The molecule has 514 valence electrons. The molecule has 0 aliphatic heterocycles. The van der Waals surface area contributed by atoms with Crippen LogP contribution in [0.2, 0.25) is 0 Å². The third-order valence-electron chi connectivity index (χ3n) is 18.5. The number of rotatable bonds is 73. The molecule has 0 aliphatic rings. The van der Waals surface area contributed by atoms with Gasteiger partial charge < -0.3 is 15.7 Å². The minimum Gasteiger partial charge on any atom is -0.662 e. The van der Waals surface area contributed by atoms with E-state index in [0.29, 0.717) is 12.5 Å². The molecule has 1 N–H and O–H groups in total. The summed E-state index contributed by atoms with van der Waals surface area (Å²) in [7, 11) is 0. The maximum Gasteiger partial charge on any atom is 2.00 e. The van der Waals surface area contributed by atoms with Gasteiger partial charge in [0.25, 0.3) is 0 Å². The molecule has 0 saturated carbocycles. The second-order valence-corrected chi connectivity index (χ2v) is 27.2. The van der Waals surface area contributed by atoms with Gasteiger partial charge in [-0.15, -0.1) is 38.6 Å². The van der Waals surface area contributed by atoms with E-state index in [1.807, 2.05) is 0 Å². The van der Waals surface area contributed by atoms with Crippen LogP contribution in [0, 0.1) is 5.92 Å². The van der Waals surface area contributed by atoms with Crippen LogP contribution >= 0.6 is 12.4 Å². The molecule has 0 aromatic rings. The monoisotopic (exact) mass is 1260 g/mol. The summed E-state index contributed by atoms with van der Waals surface area (Å²) in [4.78, 5) is 0. The maximum absolute atomic E-state index is 8.75. The van der Waals surface area contributed by atoms with Gasteiger partial charge in [-0.2, -0.15) is 0 Å². The first-order chi connectivity index (χ1) is 41.2. The molecule has 85 heavy (non-hydrogen) atoms. The molecule has 0 amide bonds. The Bertz CT molecular complexity index is 876. The number of hydrogen-bond acceptors (Lipinski definition) is 1. The summed E-state index contributed by atoms with van der Waals surface area (Å²) >= 11 is 0. The van der Waals surface area contributed by atoms with E-state index in [9.17, 15) is 0 Å². The van der Waals surface area contributed by atoms with E-state index in [2.05, 4.69) is 41.5 Å². The normalized spacial score (nSPS) is 11.5. The van der Waals surface area contributed by atoms with E-state index in [1.165, 1.54) is 430 Å². The molecular formula is C80H167ClN2OTi. The van der Waals surface area contributed by atoms with Crippen molar-refractivity contribution in [3.05, 3.63) is 10.6 Å². The van der Waals surface area contributed by atoms with Crippen LogP contribution < -0.4 is 0 Å². The van der Waals surface area contributed by atoms with Crippen molar-refractivity contribution in [2.75, 3.05) is 32.8 Å². The molecule has 0 aromatic carbocycles. The fourth-order valence-electron chi connectivity index (χ4n) is 12.2. The van der Waals surface area contributed by atoms with E-state index in [0.717, 1.165) is 32.6 Å². The summed E-state index contributed by atoms with van der Waals surface area (Å²) in [5.41, 5.74) is 0. The zero-order valence-corrected chi connectivity index (χ0v) is 62.8. The van der Waals surface area contributed by atoms with E-state index in [1.54, 1.807) is 0 Å². The van der Waals surface area contributed by atoms with Gasteiger partial charge in [0.15, 0.2) is 0 Å². The summed E-state index contributed by atoms with van der Waals surface area (Å²) in [6.07, 6.45) is 97.6. The van der Waals surface area contributed by atoms with Gasteiger partial charge in [-0.1, -0.05) is 472 Å². The van der Waals surface area contributed by atoms with Crippen LogP contribution in [0.25, 0.3) is 10.6 Å². The van der Waals surface area contributed by atoms with Crippen LogP contribution in [-0.2, 0) is 21.7 Å². The predicted molar refractivity (Wildman–Crippen MR) is 392 cm³/mol. The minimum atomic E-state index is 0. The van der Waals surface area contributed by atoms with Gasteiger partial charge in [-0.3, -0.25) is 0 Å². The zero-order chi connectivity index (χ0) is 60.6. The molecule has 0 radical (unpaired) electrons. The third-order valence-corrected chi connectivity index (χ3v) is 18.5. The Kier molecular flexibility index (Phi) is 107. The largest absolute Gasteiger partial charge is 2.00 e. The van der Waals surface area contributed by atoms with Gasteiger partial charge in [-0.05, 0) is 12.3 Å².